The predicted molar refractivity (Wildman–Crippen MR) is 96.6 cm³/mol. The van der Waals surface area contributed by atoms with Gasteiger partial charge in [0.2, 0.25) is 0 Å². The van der Waals surface area contributed by atoms with Crippen LogP contribution in [0.3, 0.4) is 0 Å². The van der Waals surface area contributed by atoms with Crippen LogP contribution >= 0.6 is 0 Å². The molecule has 6 heteroatoms. The molecule has 25 heavy (non-hydrogen) atoms. The Morgan fingerprint density at radius 3 is 2.76 bits per heavy atom. The minimum absolute atomic E-state index is 0.0953. The van der Waals surface area contributed by atoms with Gasteiger partial charge >= 0.3 is 0 Å². The third kappa shape index (κ3) is 2.71. The first-order chi connectivity index (χ1) is 12.0. The molecule has 1 amide bonds. The van der Waals surface area contributed by atoms with Crippen LogP contribution in [-0.4, -0.2) is 43.2 Å². The Balaban J connectivity index is 1.61. The molecule has 3 heterocycles. The fraction of sp³-hybridized carbons (Fsp3) is 0.421. The molecular weight excluding hydrogens is 314 g/mol. The first kappa shape index (κ1) is 15.9. The minimum Gasteiger partial charge on any atom is -0.340 e. The van der Waals surface area contributed by atoms with E-state index >= 15 is 0 Å². The molecule has 4 rings (SSSR count). The summed E-state index contributed by atoms with van der Waals surface area (Å²) in [5.74, 6) is 1.80. The maximum absolute atomic E-state index is 13.1. The molecule has 1 aliphatic heterocycles. The van der Waals surface area contributed by atoms with Crippen molar-refractivity contribution in [2.24, 2.45) is 7.05 Å². The number of hydrogen-bond acceptors (Lipinski definition) is 3. The highest BCUT2D eigenvalue weighted by Gasteiger charge is 2.28. The zero-order chi connectivity index (χ0) is 17.6. The highest BCUT2D eigenvalue weighted by molar-refractivity contribution is 5.98. The maximum Gasteiger partial charge on any atom is 0.270 e. The van der Waals surface area contributed by atoms with Crippen molar-refractivity contribution in [2.45, 2.75) is 32.7 Å². The summed E-state index contributed by atoms with van der Waals surface area (Å²) in [6, 6.07) is 10.3. The Bertz CT molecular complexity index is 939. The average molecular weight is 337 g/mol. The van der Waals surface area contributed by atoms with Gasteiger partial charge in [0.1, 0.15) is 17.3 Å². The number of carbonyl (C=O) groups is 1. The summed E-state index contributed by atoms with van der Waals surface area (Å²) in [5, 5.41) is 5.62. The number of hydrogen-bond donors (Lipinski definition) is 0. The third-order valence-electron chi connectivity index (χ3n) is 5.11. The number of para-hydroxylation sites is 1. The number of amides is 1. The van der Waals surface area contributed by atoms with E-state index in [1.807, 2.05) is 65.4 Å². The number of aryl methyl sites for hydroxylation is 3. The van der Waals surface area contributed by atoms with Crippen LogP contribution in [-0.2, 0) is 7.05 Å². The molecule has 1 aliphatic rings. The van der Waals surface area contributed by atoms with Gasteiger partial charge < -0.3 is 9.47 Å². The van der Waals surface area contributed by atoms with Crippen molar-refractivity contribution < 1.29 is 4.79 Å². The molecule has 0 aliphatic carbocycles. The second-order valence-corrected chi connectivity index (χ2v) is 6.85. The van der Waals surface area contributed by atoms with Crippen LogP contribution in [0.2, 0.25) is 0 Å². The van der Waals surface area contributed by atoms with Crippen molar-refractivity contribution in [3.63, 3.8) is 0 Å². The lowest BCUT2D eigenvalue weighted by Crippen LogP contribution is -2.41. The fourth-order valence-corrected chi connectivity index (χ4v) is 3.88. The molecule has 1 fully saturated rings. The van der Waals surface area contributed by atoms with E-state index in [4.69, 9.17) is 0 Å². The van der Waals surface area contributed by atoms with E-state index in [2.05, 4.69) is 10.1 Å². The summed E-state index contributed by atoms with van der Waals surface area (Å²) in [6.45, 7) is 5.36. The quantitative estimate of drug-likeness (QED) is 0.722. The molecule has 0 unspecified atom stereocenters. The van der Waals surface area contributed by atoms with Crippen LogP contribution in [0, 0.1) is 13.8 Å². The lowest BCUT2D eigenvalue weighted by Gasteiger charge is -2.33. The van der Waals surface area contributed by atoms with Gasteiger partial charge in [-0.05, 0) is 38.8 Å². The van der Waals surface area contributed by atoms with Crippen LogP contribution < -0.4 is 0 Å². The molecule has 0 radical (unpaired) electrons. The number of carbonyl (C=O) groups excluding carboxylic acids is 1. The summed E-state index contributed by atoms with van der Waals surface area (Å²) in [5.41, 5.74) is 1.83. The van der Waals surface area contributed by atoms with Crippen molar-refractivity contribution in [3.8, 4) is 0 Å². The molecule has 3 aromatic rings. The maximum atomic E-state index is 13.1. The lowest BCUT2D eigenvalue weighted by molar-refractivity contribution is 0.0662. The molecule has 130 valence electrons. The first-order valence-electron chi connectivity index (χ1n) is 8.78. The summed E-state index contributed by atoms with van der Waals surface area (Å²) < 4.78 is 3.97. The topological polar surface area (TPSA) is 56.0 Å². The van der Waals surface area contributed by atoms with Crippen molar-refractivity contribution in [3.05, 3.63) is 47.7 Å². The molecule has 0 saturated carbocycles. The van der Waals surface area contributed by atoms with E-state index in [1.165, 1.54) is 0 Å². The van der Waals surface area contributed by atoms with Gasteiger partial charge in [-0.2, -0.15) is 5.10 Å². The van der Waals surface area contributed by atoms with Crippen molar-refractivity contribution in [1.29, 1.82) is 0 Å². The SMILES string of the molecule is Cc1nc(C)n([C@H]2CCCN(C(=O)c3cc4ccccc4n3C)C2)n1. The van der Waals surface area contributed by atoms with Crippen LogP contribution in [0.5, 0.6) is 0 Å². The van der Waals surface area contributed by atoms with E-state index in [-0.39, 0.29) is 11.9 Å². The predicted octanol–water partition coefficient (Wildman–Crippen LogP) is 2.86. The standard InChI is InChI=1S/C19H23N5O/c1-13-20-14(2)24(21-13)16-8-6-10-23(12-16)19(25)18-11-15-7-4-5-9-17(15)22(18)3/h4-5,7,9,11,16H,6,8,10,12H2,1-3H3/t16-/m0/s1. The number of aromatic nitrogens is 4. The van der Waals surface area contributed by atoms with Gasteiger partial charge in [-0.3, -0.25) is 4.79 Å². The minimum atomic E-state index is 0.0953. The summed E-state index contributed by atoms with van der Waals surface area (Å²) in [4.78, 5) is 19.5. The van der Waals surface area contributed by atoms with Crippen LogP contribution in [0.25, 0.3) is 10.9 Å². The molecular formula is C19H23N5O. The molecule has 0 N–H and O–H groups in total. The Kier molecular flexibility index (Phi) is 3.82. The third-order valence-corrected chi connectivity index (χ3v) is 5.11. The second kappa shape index (κ2) is 6.02. The van der Waals surface area contributed by atoms with Gasteiger partial charge in [0, 0.05) is 31.0 Å². The monoisotopic (exact) mass is 337 g/mol. The summed E-state index contributed by atoms with van der Waals surface area (Å²) in [7, 11) is 1.96. The Hall–Kier alpha value is -2.63. The summed E-state index contributed by atoms with van der Waals surface area (Å²) in [6.07, 6.45) is 2.02. The van der Waals surface area contributed by atoms with Gasteiger partial charge in [0.25, 0.3) is 5.91 Å². The second-order valence-electron chi connectivity index (χ2n) is 6.85. The lowest BCUT2D eigenvalue weighted by atomic mass is 10.1. The van der Waals surface area contributed by atoms with Crippen LogP contribution in [0.1, 0.15) is 41.0 Å². The van der Waals surface area contributed by atoms with E-state index in [1.54, 1.807) is 0 Å². The van der Waals surface area contributed by atoms with Crippen LogP contribution in [0.15, 0.2) is 30.3 Å². The van der Waals surface area contributed by atoms with Crippen LogP contribution in [0.4, 0.5) is 0 Å². The first-order valence-corrected chi connectivity index (χ1v) is 8.78. The molecule has 0 bridgehead atoms. The highest BCUT2D eigenvalue weighted by atomic mass is 16.2. The van der Waals surface area contributed by atoms with Gasteiger partial charge in [-0.1, -0.05) is 18.2 Å². The smallest absolute Gasteiger partial charge is 0.270 e. The van der Waals surface area contributed by atoms with Gasteiger partial charge in [-0.15, -0.1) is 0 Å². The molecule has 1 atom stereocenters. The largest absolute Gasteiger partial charge is 0.340 e. The van der Waals surface area contributed by atoms with E-state index in [0.717, 1.165) is 47.6 Å². The van der Waals surface area contributed by atoms with Gasteiger partial charge in [0.15, 0.2) is 0 Å². The number of likely N-dealkylation sites (tertiary alicyclic amines) is 1. The van der Waals surface area contributed by atoms with E-state index in [0.29, 0.717) is 6.54 Å². The molecule has 1 saturated heterocycles. The van der Waals surface area contributed by atoms with Crippen molar-refractivity contribution in [1.82, 2.24) is 24.2 Å². The number of nitrogens with zero attached hydrogens (tertiary/aromatic N) is 5. The van der Waals surface area contributed by atoms with Gasteiger partial charge in [-0.25, -0.2) is 9.67 Å². The Morgan fingerprint density at radius 1 is 1.24 bits per heavy atom. The molecule has 6 nitrogen and oxygen atoms in total. The average Bonchev–Trinajstić information content (AvgIpc) is 3.14. The van der Waals surface area contributed by atoms with Gasteiger partial charge in [0.05, 0.1) is 6.04 Å². The number of piperidine rings is 1. The van der Waals surface area contributed by atoms with E-state index < -0.39 is 0 Å². The summed E-state index contributed by atoms with van der Waals surface area (Å²) >= 11 is 0. The Morgan fingerprint density at radius 2 is 2.04 bits per heavy atom. The normalized spacial score (nSPS) is 18.0. The zero-order valence-electron chi connectivity index (χ0n) is 14.9. The zero-order valence-corrected chi connectivity index (χ0v) is 14.9. The Labute approximate surface area is 147 Å². The van der Waals surface area contributed by atoms with Crippen molar-refractivity contribution in [2.75, 3.05) is 13.1 Å². The van der Waals surface area contributed by atoms with Crippen molar-refractivity contribution >= 4 is 16.8 Å². The number of benzene rings is 1. The highest BCUT2D eigenvalue weighted by Crippen LogP contribution is 2.25. The molecule has 0 spiro atoms. The number of rotatable bonds is 2. The molecule has 1 aromatic carbocycles. The van der Waals surface area contributed by atoms with E-state index in [9.17, 15) is 4.79 Å². The molecule has 2 aromatic heterocycles. The number of fused-ring (bicyclic) bond motifs is 1. The fourth-order valence-electron chi connectivity index (χ4n) is 3.88.